The van der Waals surface area contributed by atoms with Gasteiger partial charge in [-0.25, -0.2) is 0 Å². The molecule has 114 valence electrons. The average molecular weight is 333 g/mol. The fraction of sp³-hybridized carbons (Fsp3) is 0.188. The van der Waals surface area contributed by atoms with E-state index in [2.05, 4.69) is 0 Å². The molecule has 1 heterocycles. The molecule has 1 N–H and O–H groups in total. The Morgan fingerprint density at radius 3 is 2.68 bits per heavy atom. The summed E-state index contributed by atoms with van der Waals surface area (Å²) in [5, 5.41) is 8.71. The van der Waals surface area contributed by atoms with E-state index in [0.717, 1.165) is 11.1 Å². The summed E-state index contributed by atoms with van der Waals surface area (Å²) in [4.78, 5) is 24.7. The van der Waals surface area contributed by atoms with Crippen LogP contribution in [0.3, 0.4) is 0 Å². The molecule has 0 atom stereocenters. The Bertz CT molecular complexity index is 665. The predicted octanol–water partition coefficient (Wildman–Crippen LogP) is 3.31. The first-order chi connectivity index (χ1) is 10.5. The zero-order chi connectivity index (χ0) is 16.1. The van der Waals surface area contributed by atoms with Crippen molar-refractivity contribution >= 4 is 46.3 Å². The van der Waals surface area contributed by atoms with Crippen molar-refractivity contribution in [1.82, 2.24) is 4.90 Å². The van der Waals surface area contributed by atoms with Crippen LogP contribution in [0.15, 0.2) is 46.9 Å². The number of thiocarbonyl (C=S) groups is 1. The van der Waals surface area contributed by atoms with E-state index in [9.17, 15) is 9.59 Å². The van der Waals surface area contributed by atoms with Crippen LogP contribution in [0.25, 0.3) is 6.08 Å². The number of carbonyl (C=O) groups excluding carboxylic acids is 1. The third-order valence-electron chi connectivity index (χ3n) is 2.98. The van der Waals surface area contributed by atoms with Gasteiger partial charge in [-0.2, -0.15) is 0 Å². The van der Waals surface area contributed by atoms with Gasteiger partial charge in [-0.05, 0) is 24.1 Å². The molecule has 22 heavy (non-hydrogen) atoms. The maximum absolute atomic E-state index is 12.2. The molecule has 6 heteroatoms. The zero-order valence-electron chi connectivity index (χ0n) is 12.0. The van der Waals surface area contributed by atoms with Crippen molar-refractivity contribution < 1.29 is 14.7 Å². The summed E-state index contributed by atoms with van der Waals surface area (Å²) >= 11 is 6.35. The topological polar surface area (TPSA) is 57.6 Å². The smallest absolute Gasteiger partial charge is 0.305 e. The summed E-state index contributed by atoms with van der Waals surface area (Å²) in [7, 11) is 0. The van der Waals surface area contributed by atoms with Crippen LogP contribution >= 0.6 is 24.0 Å². The molecular weight excluding hydrogens is 318 g/mol. The van der Waals surface area contributed by atoms with Gasteiger partial charge >= 0.3 is 5.97 Å². The van der Waals surface area contributed by atoms with E-state index in [1.165, 1.54) is 16.7 Å². The van der Waals surface area contributed by atoms with Crippen molar-refractivity contribution in [3.05, 3.63) is 52.4 Å². The lowest BCUT2D eigenvalue weighted by Gasteiger charge is -2.12. The summed E-state index contributed by atoms with van der Waals surface area (Å²) in [6.45, 7) is 2.02. The highest BCUT2D eigenvalue weighted by atomic mass is 32.2. The van der Waals surface area contributed by atoms with Crippen LogP contribution in [0.1, 0.15) is 18.9 Å². The molecule has 4 nitrogen and oxygen atoms in total. The molecule has 1 aliphatic heterocycles. The molecule has 0 unspecified atom stereocenters. The summed E-state index contributed by atoms with van der Waals surface area (Å²) in [5.74, 6) is -1.17. The maximum Gasteiger partial charge on any atom is 0.305 e. The Labute approximate surface area is 138 Å². The van der Waals surface area contributed by atoms with Crippen LogP contribution in [0.4, 0.5) is 0 Å². The van der Waals surface area contributed by atoms with Crippen LogP contribution in [0, 0.1) is 0 Å². The Morgan fingerprint density at radius 2 is 2.05 bits per heavy atom. The first-order valence-corrected chi connectivity index (χ1v) is 7.90. The van der Waals surface area contributed by atoms with Crippen molar-refractivity contribution in [2.45, 2.75) is 13.3 Å². The number of aliphatic carboxylic acids is 1. The summed E-state index contributed by atoms with van der Waals surface area (Å²) in [5.41, 5.74) is 1.99. The molecule has 0 bridgehead atoms. The van der Waals surface area contributed by atoms with E-state index in [4.69, 9.17) is 17.3 Å². The summed E-state index contributed by atoms with van der Waals surface area (Å²) in [6, 6.07) is 9.81. The number of hydrogen-bond acceptors (Lipinski definition) is 4. The van der Waals surface area contributed by atoms with Crippen molar-refractivity contribution in [3.63, 3.8) is 0 Å². The van der Waals surface area contributed by atoms with Gasteiger partial charge in [0.25, 0.3) is 5.91 Å². The van der Waals surface area contributed by atoms with E-state index in [1.807, 2.05) is 43.3 Å². The Kier molecular flexibility index (Phi) is 5.51. The van der Waals surface area contributed by atoms with Gasteiger partial charge in [-0.15, -0.1) is 0 Å². The number of thioether (sulfide) groups is 1. The molecule has 2 rings (SSSR count). The maximum atomic E-state index is 12.2. The minimum absolute atomic E-state index is 0.110. The van der Waals surface area contributed by atoms with Gasteiger partial charge in [-0.1, -0.05) is 60.4 Å². The largest absolute Gasteiger partial charge is 0.481 e. The standard InChI is InChI=1S/C16H15NO3S2/c1-11(9-12-5-3-2-4-6-12)10-13-15(20)17(16(21)22-13)8-7-14(18)19/h2-6,9-10H,7-8H2,1H3,(H,18,19)/b11-9?,13-10-. The fourth-order valence-electron chi connectivity index (χ4n) is 1.96. The molecule has 0 spiro atoms. The van der Waals surface area contributed by atoms with Crippen molar-refractivity contribution in [2.75, 3.05) is 6.54 Å². The highest BCUT2D eigenvalue weighted by Crippen LogP contribution is 2.32. The summed E-state index contributed by atoms with van der Waals surface area (Å²) in [6.07, 6.45) is 3.65. The minimum atomic E-state index is -0.946. The van der Waals surface area contributed by atoms with Gasteiger partial charge in [0.05, 0.1) is 11.3 Å². The number of benzene rings is 1. The van der Waals surface area contributed by atoms with E-state index < -0.39 is 5.97 Å². The Hall–Kier alpha value is -1.92. The molecule has 0 radical (unpaired) electrons. The van der Waals surface area contributed by atoms with Gasteiger partial charge in [-0.3, -0.25) is 14.5 Å². The van der Waals surface area contributed by atoms with Gasteiger partial charge in [0.1, 0.15) is 4.32 Å². The number of allylic oxidation sites excluding steroid dienone is 2. The van der Waals surface area contributed by atoms with E-state index in [-0.39, 0.29) is 18.9 Å². The second kappa shape index (κ2) is 7.38. The lowest BCUT2D eigenvalue weighted by atomic mass is 10.1. The van der Waals surface area contributed by atoms with Crippen molar-refractivity contribution in [1.29, 1.82) is 0 Å². The number of hydrogen-bond donors (Lipinski definition) is 1. The summed E-state index contributed by atoms with van der Waals surface area (Å²) < 4.78 is 0.407. The average Bonchev–Trinajstić information content (AvgIpc) is 2.72. The van der Waals surface area contributed by atoms with Gasteiger partial charge < -0.3 is 5.11 Å². The Balaban J connectivity index is 2.12. The van der Waals surface area contributed by atoms with Crippen molar-refractivity contribution in [3.8, 4) is 0 Å². The SMILES string of the molecule is CC(=Cc1ccccc1)/C=C1\SC(=S)N(CCC(=O)O)C1=O. The minimum Gasteiger partial charge on any atom is -0.481 e. The molecule has 0 saturated carbocycles. The van der Waals surface area contributed by atoms with Crippen LogP contribution in [0.5, 0.6) is 0 Å². The Morgan fingerprint density at radius 1 is 1.36 bits per heavy atom. The molecule has 1 fully saturated rings. The van der Waals surface area contributed by atoms with Crippen LogP contribution in [-0.4, -0.2) is 32.7 Å². The molecule has 1 amide bonds. The lowest BCUT2D eigenvalue weighted by molar-refractivity contribution is -0.137. The van der Waals surface area contributed by atoms with Gasteiger partial charge in [0.15, 0.2) is 0 Å². The predicted molar refractivity (Wildman–Crippen MR) is 92.3 cm³/mol. The number of carboxylic acids is 1. The van der Waals surface area contributed by atoms with Gasteiger partial charge in [0.2, 0.25) is 0 Å². The normalized spacial score (nSPS) is 17.4. The van der Waals surface area contributed by atoms with Crippen LogP contribution in [-0.2, 0) is 9.59 Å². The number of nitrogens with zero attached hydrogens (tertiary/aromatic N) is 1. The second-order valence-corrected chi connectivity index (χ2v) is 6.45. The van der Waals surface area contributed by atoms with Crippen LogP contribution < -0.4 is 0 Å². The van der Waals surface area contributed by atoms with E-state index in [0.29, 0.717) is 9.23 Å². The van der Waals surface area contributed by atoms with Crippen LogP contribution in [0.2, 0.25) is 0 Å². The van der Waals surface area contributed by atoms with E-state index in [1.54, 1.807) is 6.08 Å². The quantitative estimate of drug-likeness (QED) is 0.662. The monoisotopic (exact) mass is 333 g/mol. The molecule has 1 aliphatic rings. The number of carboxylic acid groups (broad SMARTS) is 1. The highest BCUT2D eigenvalue weighted by molar-refractivity contribution is 8.26. The molecule has 0 aromatic heterocycles. The zero-order valence-corrected chi connectivity index (χ0v) is 13.6. The first kappa shape index (κ1) is 16.5. The number of amides is 1. The third-order valence-corrected chi connectivity index (χ3v) is 4.35. The molecule has 1 aromatic rings. The lowest BCUT2D eigenvalue weighted by Crippen LogP contribution is -2.30. The molecule has 0 aliphatic carbocycles. The van der Waals surface area contributed by atoms with E-state index >= 15 is 0 Å². The molecule has 1 saturated heterocycles. The van der Waals surface area contributed by atoms with Gasteiger partial charge in [0, 0.05) is 6.54 Å². The molecular formula is C16H15NO3S2. The number of carbonyl (C=O) groups is 2. The number of rotatable bonds is 5. The third kappa shape index (κ3) is 4.29. The van der Waals surface area contributed by atoms with Crippen molar-refractivity contribution in [2.24, 2.45) is 0 Å². The second-order valence-electron chi connectivity index (χ2n) is 4.78. The fourth-order valence-corrected chi connectivity index (χ4v) is 3.32. The molecule has 1 aromatic carbocycles. The first-order valence-electron chi connectivity index (χ1n) is 6.68. The highest BCUT2D eigenvalue weighted by Gasteiger charge is 2.31.